The minimum Gasteiger partial charge on any atom is -0.397 e. The van der Waals surface area contributed by atoms with E-state index in [0.29, 0.717) is 16.4 Å². The lowest BCUT2D eigenvalue weighted by molar-refractivity contribution is 0.102. The molecule has 1 aromatic heterocycles. The van der Waals surface area contributed by atoms with Crippen molar-refractivity contribution in [3.63, 3.8) is 0 Å². The van der Waals surface area contributed by atoms with E-state index in [9.17, 15) is 4.79 Å². The minimum absolute atomic E-state index is 0.265. The second-order valence-electron chi connectivity index (χ2n) is 3.98. The number of nitrogens with two attached hydrogens (primary N) is 1. The highest BCUT2D eigenvalue weighted by molar-refractivity contribution is 6.34. The molecule has 0 fully saturated rings. The minimum atomic E-state index is -0.329. The third-order valence-electron chi connectivity index (χ3n) is 2.78. The number of aromatic nitrogens is 2. The van der Waals surface area contributed by atoms with E-state index < -0.39 is 0 Å². The molecule has 0 spiro atoms. The van der Waals surface area contributed by atoms with Gasteiger partial charge in [0.25, 0.3) is 5.91 Å². The maximum absolute atomic E-state index is 12.0. The Hall–Kier alpha value is -2.01. The highest BCUT2D eigenvalue weighted by Crippen LogP contribution is 2.23. The van der Waals surface area contributed by atoms with Crippen molar-refractivity contribution >= 4 is 29.0 Å². The lowest BCUT2D eigenvalue weighted by atomic mass is 10.1. The Morgan fingerprint density at radius 1 is 1.44 bits per heavy atom. The van der Waals surface area contributed by atoms with Crippen molar-refractivity contribution in [1.29, 1.82) is 0 Å². The topological polar surface area (TPSA) is 83.8 Å². The molecule has 1 heterocycles. The predicted molar refractivity (Wildman–Crippen MR) is 71.9 cm³/mol. The van der Waals surface area contributed by atoms with Gasteiger partial charge in [-0.1, -0.05) is 17.7 Å². The van der Waals surface area contributed by atoms with Gasteiger partial charge in [0.05, 0.1) is 16.3 Å². The SMILES string of the molecule is Cc1[nH]nc(NC(=O)c2cccc(Cl)c2N)c1C. The van der Waals surface area contributed by atoms with Crippen molar-refractivity contribution in [2.24, 2.45) is 0 Å². The molecule has 18 heavy (non-hydrogen) atoms. The third-order valence-corrected chi connectivity index (χ3v) is 3.11. The Balaban J connectivity index is 2.28. The third kappa shape index (κ3) is 2.17. The van der Waals surface area contributed by atoms with E-state index in [1.54, 1.807) is 18.2 Å². The van der Waals surface area contributed by atoms with Gasteiger partial charge in [0.2, 0.25) is 0 Å². The number of hydrogen-bond donors (Lipinski definition) is 3. The van der Waals surface area contributed by atoms with Crippen LogP contribution in [0.25, 0.3) is 0 Å². The number of anilines is 2. The fourth-order valence-electron chi connectivity index (χ4n) is 1.52. The second-order valence-corrected chi connectivity index (χ2v) is 4.38. The van der Waals surface area contributed by atoms with Gasteiger partial charge >= 0.3 is 0 Å². The number of nitrogen functional groups attached to an aromatic ring is 1. The summed E-state index contributed by atoms with van der Waals surface area (Å²) in [7, 11) is 0. The number of aryl methyl sites for hydroxylation is 1. The number of halogens is 1. The maximum Gasteiger partial charge on any atom is 0.259 e. The summed E-state index contributed by atoms with van der Waals surface area (Å²) in [5.74, 6) is 0.168. The van der Waals surface area contributed by atoms with Crippen LogP contribution in [0.3, 0.4) is 0 Å². The molecule has 1 aromatic carbocycles. The van der Waals surface area contributed by atoms with Gasteiger partial charge in [-0.15, -0.1) is 0 Å². The summed E-state index contributed by atoms with van der Waals surface area (Å²) >= 11 is 5.87. The molecule has 0 saturated heterocycles. The quantitative estimate of drug-likeness (QED) is 0.729. The summed E-state index contributed by atoms with van der Waals surface area (Å²) in [5, 5.41) is 9.85. The Morgan fingerprint density at radius 2 is 2.17 bits per heavy atom. The van der Waals surface area contributed by atoms with Crippen LogP contribution in [-0.2, 0) is 0 Å². The van der Waals surface area contributed by atoms with Crippen LogP contribution in [0.4, 0.5) is 11.5 Å². The molecule has 2 rings (SSSR count). The number of H-pyrrole nitrogens is 1. The van der Waals surface area contributed by atoms with Gasteiger partial charge in [-0.25, -0.2) is 0 Å². The van der Waals surface area contributed by atoms with E-state index in [-0.39, 0.29) is 11.6 Å². The number of benzene rings is 1. The van der Waals surface area contributed by atoms with Crippen molar-refractivity contribution in [2.45, 2.75) is 13.8 Å². The summed E-state index contributed by atoms with van der Waals surface area (Å²) < 4.78 is 0. The van der Waals surface area contributed by atoms with Crippen molar-refractivity contribution in [2.75, 3.05) is 11.1 Å². The van der Waals surface area contributed by atoms with E-state index in [1.807, 2.05) is 13.8 Å². The Kier molecular flexibility index (Phi) is 3.25. The molecule has 0 atom stereocenters. The van der Waals surface area contributed by atoms with Gasteiger partial charge in [0.1, 0.15) is 0 Å². The molecule has 0 bridgehead atoms. The number of hydrogen-bond acceptors (Lipinski definition) is 3. The average molecular weight is 265 g/mol. The van der Waals surface area contributed by atoms with Crippen LogP contribution in [0.5, 0.6) is 0 Å². The molecule has 0 radical (unpaired) electrons. The summed E-state index contributed by atoms with van der Waals surface area (Å²) in [5.41, 5.74) is 8.16. The summed E-state index contributed by atoms with van der Waals surface area (Å²) in [4.78, 5) is 12.0. The van der Waals surface area contributed by atoms with Crippen LogP contribution in [0.2, 0.25) is 5.02 Å². The van der Waals surface area contributed by atoms with Crippen LogP contribution in [0, 0.1) is 13.8 Å². The molecule has 2 aromatic rings. The summed E-state index contributed by atoms with van der Waals surface area (Å²) in [6.07, 6.45) is 0. The highest BCUT2D eigenvalue weighted by atomic mass is 35.5. The van der Waals surface area contributed by atoms with Gasteiger partial charge in [-0.05, 0) is 26.0 Å². The molecule has 1 amide bonds. The first kappa shape index (κ1) is 12.4. The first-order valence-electron chi connectivity index (χ1n) is 5.37. The second kappa shape index (κ2) is 4.70. The van der Waals surface area contributed by atoms with E-state index >= 15 is 0 Å². The fourth-order valence-corrected chi connectivity index (χ4v) is 1.69. The molecule has 6 heteroatoms. The van der Waals surface area contributed by atoms with Gasteiger partial charge < -0.3 is 11.1 Å². The van der Waals surface area contributed by atoms with E-state index in [2.05, 4.69) is 15.5 Å². The summed E-state index contributed by atoms with van der Waals surface area (Å²) in [6.45, 7) is 3.75. The van der Waals surface area contributed by atoms with Crippen molar-refractivity contribution in [3.8, 4) is 0 Å². The zero-order valence-electron chi connectivity index (χ0n) is 10.0. The van der Waals surface area contributed by atoms with E-state index in [4.69, 9.17) is 17.3 Å². The molecule has 0 aliphatic heterocycles. The summed E-state index contributed by atoms with van der Waals surface area (Å²) in [6, 6.07) is 4.93. The molecule has 0 aliphatic rings. The Bertz CT molecular complexity index is 606. The van der Waals surface area contributed by atoms with Crippen molar-refractivity contribution in [3.05, 3.63) is 40.0 Å². The van der Waals surface area contributed by atoms with Gasteiger partial charge in [-0.3, -0.25) is 9.89 Å². The number of carbonyl (C=O) groups excluding carboxylic acids is 1. The van der Waals surface area contributed by atoms with Crippen molar-refractivity contribution < 1.29 is 4.79 Å². The number of carbonyl (C=O) groups is 1. The molecule has 0 unspecified atom stereocenters. The largest absolute Gasteiger partial charge is 0.397 e. The standard InChI is InChI=1S/C12H13ClN4O/c1-6-7(2)16-17-11(6)15-12(18)8-4-3-5-9(13)10(8)14/h3-5H,14H2,1-2H3,(H2,15,16,17,18). The molecule has 0 aliphatic carbocycles. The molecular formula is C12H13ClN4O. The van der Waals surface area contributed by atoms with E-state index in [0.717, 1.165) is 11.3 Å². The van der Waals surface area contributed by atoms with Crippen LogP contribution in [-0.4, -0.2) is 16.1 Å². The van der Waals surface area contributed by atoms with Crippen molar-refractivity contribution in [1.82, 2.24) is 10.2 Å². The first-order valence-corrected chi connectivity index (χ1v) is 5.75. The highest BCUT2D eigenvalue weighted by Gasteiger charge is 2.14. The van der Waals surface area contributed by atoms with E-state index in [1.165, 1.54) is 0 Å². The zero-order chi connectivity index (χ0) is 13.3. The normalized spacial score (nSPS) is 10.4. The van der Waals surface area contributed by atoms with Crippen LogP contribution in [0.1, 0.15) is 21.6 Å². The smallest absolute Gasteiger partial charge is 0.259 e. The molecule has 0 saturated carbocycles. The predicted octanol–water partition coefficient (Wildman–Crippen LogP) is 2.51. The molecule has 4 N–H and O–H groups in total. The maximum atomic E-state index is 12.0. The number of rotatable bonds is 2. The first-order chi connectivity index (χ1) is 8.50. The number of aromatic amines is 1. The monoisotopic (exact) mass is 264 g/mol. The van der Waals surface area contributed by atoms with Crippen LogP contribution < -0.4 is 11.1 Å². The lowest BCUT2D eigenvalue weighted by Gasteiger charge is -2.07. The molecular weight excluding hydrogens is 252 g/mol. The number of amides is 1. The van der Waals surface area contributed by atoms with Crippen LogP contribution >= 0.6 is 11.6 Å². The van der Waals surface area contributed by atoms with Gasteiger partial charge in [0.15, 0.2) is 5.82 Å². The Morgan fingerprint density at radius 3 is 2.78 bits per heavy atom. The Labute approximate surface area is 109 Å². The van der Waals surface area contributed by atoms with Crippen LogP contribution in [0.15, 0.2) is 18.2 Å². The lowest BCUT2D eigenvalue weighted by Crippen LogP contribution is -2.15. The fraction of sp³-hybridized carbons (Fsp3) is 0.167. The molecule has 5 nitrogen and oxygen atoms in total. The van der Waals surface area contributed by atoms with Gasteiger partial charge in [0, 0.05) is 11.3 Å². The van der Waals surface area contributed by atoms with Gasteiger partial charge in [-0.2, -0.15) is 5.10 Å². The average Bonchev–Trinajstić information content (AvgIpc) is 2.64. The number of nitrogens with zero attached hydrogens (tertiary/aromatic N) is 1. The molecule has 94 valence electrons. The number of para-hydroxylation sites is 1. The number of nitrogens with one attached hydrogen (secondary N) is 2. The zero-order valence-corrected chi connectivity index (χ0v) is 10.8.